The summed E-state index contributed by atoms with van der Waals surface area (Å²) >= 11 is 0. The van der Waals surface area contributed by atoms with Crippen LogP contribution < -0.4 is 5.32 Å². The van der Waals surface area contributed by atoms with Crippen LogP contribution in [-0.2, 0) is 9.59 Å². The van der Waals surface area contributed by atoms with Crippen molar-refractivity contribution < 1.29 is 24.3 Å². The third kappa shape index (κ3) is 16.1. The van der Waals surface area contributed by atoms with Crippen LogP contribution >= 0.6 is 0 Å². The van der Waals surface area contributed by atoms with Gasteiger partial charge in [0.15, 0.2) is 0 Å². The molecule has 6 heteroatoms. The van der Waals surface area contributed by atoms with E-state index in [2.05, 4.69) is 24.4 Å². The number of carbonyl (C=O) groups excluding carboxylic acids is 1. The van der Waals surface area contributed by atoms with Gasteiger partial charge in [-0.2, -0.15) is 0 Å². The van der Waals surface area contributed by atoms with Gasteiger partial charge < -0.3 is 14.7 Å². The van der Waals surface area contributed by atoms with Crippen LogP contribution in [0, 0.1) is 0 Å². The average Bonchev–Trinajstić information content (AvgIpc) is 2.63. The van der Waals surface area contributed by atoms with E-state index in [1.165, 1.54) is 19.3 Å². The van der Waals surface area contributed by atoms with Gasteiger partial charge >= 0.3 is 5.97 Å². The molecule has 3 N–H and O–H groups in total. The summed E-state index contributed by atoms with van der Waals surface area (Å²) in [6.45, 7) is 2.19. The van der Waals surface area contributed by atoms with E-state index in [0.29, 0.717) is 6.42 Å². The number of amides is 1. The number of hydrogen-bond donors (Lipinski definition) is 3. The van der Waals surface area contributed by atoms with Gasteiger partial charge in [0.1, 0.15) is 0 Å². The minimum Gasteiger partial charge on any atom is -0.475 e. The molecule has 0 radical (unpaired) electrons. The molecule has 0 saturated heterocycles. The number of likely N-dealkylation sites (N-methyl/N-ethyl adjacent to an activating group) is 1. The second-order valence-electron chi connectivity index (χ2n) is 8.94. The van der Waals surface area contributed by atoms with E-state index in [1.54, 1.807) is 21.1 Å². The van der Waals surface area contributed by atoms with Gasteiger partial charge in [-0.25, -0.2) is 4.79 Å². The van der Waals surface area contributed by atoms with E-state index in [1.807, 2.05) is 0 Å². The average molecular weight is 414 g/mol. The molecule has 0 heterocycles. The summed E-state index contributed by atoms with van der Waals surface area (Å²) in [7, 11) is 5.26. The molecule has 0 rings (SSSR count). The summed E-state index contributed by atoms with van der Waals surface area (Å²) in [5.74, 6) is -1.20. The molecule has 0 aromatic carbocycles. The normalized spacial score (nSPS) is 14.1. The molecule has 0 aliphatic heterocycles. The molecule has 0 aromatic heterocycles. The SMILES string of the molecule is CCCCCC[C@@H](O)CC=CCCCCCCCC(=O)NC(C(=O)O)[N+](C)(C)C. The van der Waals surface area contributed by atoms with Crippen molar-refractivity contribution in [2.45, 2.75) is 103 Å². The molecule has 0 saturated carbocycles. The van der Waals surface area contributed by atoms with Crippen molar-refractivity contribution in [3.63, 3.8) is 0 Å². The number of carbonyl (C=O) groups is 2. The quantitative estimate of drug-likeness (QED) is 0.136. The predicted molar refractivity (Wildman–Crippen MR) is 118 cm³/mol. The van der Waals surface area contributed by atoms with Crippen LogP contribution in [0.15, 0.2) is 12.2 Å². The number of hydrogen-bond acceptors (Lipinski definition) is 3. The van der Waals surface area contributed by atoms with Crippen molar-refractivity contribution in [2.75, 3.05) is 21.1 Å². The lowest BCUT2D eigenvalue weighted by atomic mass is 10.1. The van der Waals surface area contributed by atoms with Gasteiger partial charge in [-0.1, -0.05) is 64.0 Å². The Morgan fingerprint density at radius 2 is 1.55 bits per heavy atom. The maximum Gasteiger partial charge on any atom is 0.385 e. The minimum atomic E-state index is -1.01. The van der Waals surface area contributed by atoms with E-state index in [4.69, 9.17) is 0 Å². The molecule has 29 heavy (non-hydrogen) atoms. The number of carboxylic acid groups (broad SMARTS) is 1. The van der Waals surface area contributed by atoms with Gasteiger partial charge in [0.25, 0.3) is 6.17 Å². The zero-order valence-electron chi connectivity index (χ0n) is 19.2. The number of aliphatic hydroxyl groups is 1. The Hall–Kier alpha value is -1.40. The molecule has 170 valence electrons. The first kappa shape index (κ1) is 27.6. The summed E-state index contributed by atoms with van der Waals surface area (Å²) in [4.78, 5) is 23.2. The number of carboxylic acids is 1. The number of quaternary nitrogens is 1. The molecule has 6 nitrogen and oxygen atoms in total. The van der Waals surface area contributed by atoms with Crippen LogP contribution in [0.3, 0.4) is 0 Å². The van der Waals surface area contributed by atoms with Crippen LogP contribution in [0.5, 0.6) is 0 Å². The Labute approximate surface area is 178 Å². The highest BCUT2D eigenvalue weighted by Crippen LogP contribution is 2.11. The number of allylic oxidation sites excluding steroid dienone is 1. The topological polar surface area (TPSA) is 86.6 Å². The van der Waals surface area contributed by atoms with Crippen LogP contribution in [0.1, 0.15) is 90.4 Å². The Kier molecular flexibility index (Phi) is 15.6. The lowest BCUT2D eigenvalue weighted by Gasteiger charge is -2.31. The first-order valence-electron chi connectivity index (χ1n) is 11.3. The van der Waals surface area contributed by atoms with Gasteiger partial charge in [-0.05, 0) is 32.1 Å². The molecule has 1 amide bonds. The fourth-order valence-electron chi connectivity index (χ4n) is 3.19. The molecular weight excluding hydrogens is 368 g/mol. The van der Waals surface area contributed by atoms with Crippen LogP contribution in [-0.4, -0.2) is 60.0 Å². The molecule has 0 bridgehead atoms. The molecule has 0 aromatic rings. The van der Waals surface area contributed by atoms with Crippen molar-refractivity contribution in [3.05, 3.63) is 12.2 Å². The van der Waals surface area contributed by atoms with Crippen molar-refractivity contribution in [1.82, 2.24) is 5.32 Å². The summed E-state index contributed by atoms with van der Waals surface area (Å²) < 4.78 is 0.157. The Balaban J connectivity index is 3.65. The minimum absolute atomic E-state index is 0.157. The summed E-state index contributed by atoms with van der Waals surface area (Å²) in [6.07, 6.45) is 16.1. The molecule has 2 atom stereocenters. The highest BCUT2D eigenvalue weighted by Gasteiger charge is 2.32. The standard InChI is InChI=1S/C23H44N2O4/c1-5-6-7-14-17-20(26)18-15-12-10-8-9-11-13-16-19-21(27)24-22(23(28)29)25(2,3)4/h12,15,20,22,26H,5-11,13-14,16-19H2,1-4H3,(H-,24,27,28,29)/p+1/t20-,22?/m1/s1. The van der Waals surface area contributed by atoms with Crippen molar-refractivity contribution >= 4 is 11.9 Å². The van der Waals surface area contributed by atoms with Gasteiger partial charge in [-0.15, -0.1) is 0 Å². The van der Waals surface area contributed by atoms with E-state index in [9.17, 15) is 19.8 Å². The number of rotatable bonds is 18. The number of unbranched alkanes of at least 4 members (excludes halogenated alkanes) is 8. The van der Waals surface area contributed by atoms with Gasteiger partial charge in [0.05, 0.1) is 27.2 Å². The Morgan fingerprint density at radius 3 is 2.17 bits per heavy atom. The number of aliphatic carboxylic acids is 1. The smallest absolute Gasteiger partial charge is 0.385 e. The first-order chi connectivity index (χ1) is 13.7. The van der Waals surface area contributed by atoms with Gasteiger partial charge in [0.2, 0.25) is 5.91 Å². The third-order valence-electron chi connectivity index (χ3n) is 5.05. The largest absolute Gasteiger partial charge is 0.475 e. The molecule has 0 aliphatic rings. The van der Waals surface area contributed by atoms with Gasteiger partial charge in [-0.3, -0.25) is 10.1 Å². The Morgan fingerprint density at radius 1 is 0.931 bits per heavy atom. The number of nitrogens with one attached hydrogen (secondary N) is 1. The molecule has 0 aliphatic carbocycles. The zero-order chi connectivity index (χ0) is 22.1. The van der Waals surface area contributed by atoms with Crippen LogP contribution in [0.4, 0.5) is 0 Å². The number of aliphatic hydroxyl groups excluding tert-OH is 1. The molecular formula is C23H45N2O4+. The van der Waals surface area contributed by atoms with Crippen molar-refractivity contribution in [2.24, 2.45) is 0 Å². The van der Waals surface area contributed by atoms with Gasteiger partial charge in [0, 0.05) is 6.42 Å². The van der Waals surface area contributed by atoms with Crippen molar-refractivity contribution in [3.8, 4) is 0 Å². The first-order valence-corrected chi connectivity index (χ1v) is 11.3. The third-order valence-corrected chi connectivity index (χ3v) is 5.05. The zero-order valence-corrected chi connectivity index (χ0v) is 19.2. The highest BCUT2D eigenvalue weighted by molar-refractivity contribution is 5.82. The van der Waals surface area contributed by atoms with Crippen LogP contribution in [0.2, 0.25) is 0 Å². The maximum atomic E-state index is 12.0. The lowest BCUT2D eigenvalue weighted by Crippen LogP contribution is -2.59. The summed E-state index contributed by atoms with van der Waals surface area (Å²) in [5.41, 5.74) is 0. The second kappa shape index (κ2) is 16.4. The summed E-state index contributed by atoms with van der Waals surface area (Å²) in [6, 6.07) is 0. The van der Waals surface area contributed by atoms with E-state index < -0.39 is 12.1 Å². The van der Waals surface area contributed by atoms with E-state index in [-0.39, 0.29) is 16.5 Å². The molecule has 0 spiro atoms. The molecule has 0 fully saturated rings. The van der Waals surface area contributed by atoms with Crippen LogP contribution in [0.25, 0.3) is 0 Å². The molecule has 1 unspecified atom stereocenters. The number of nitrogens with zero attached hydrogens (tertiary/aromatic N) is 1. The second-order valence-corrected chi connectivity index (χ2v) is 8.94. The highest BCUT2D eigenvalue weighted by atomic mass is 16.4. The maximum absolute atomic E-state index is 12.0. The fraction of sp³-hybridized carbons (Fsp3) is 0.826. The van der Waals surface area contributed by atoms with E-state index >= 15 is 0 Å². The predicted octanol–water partition coefficient (Wildman–Crippen LogP) is 4.23. The monoisotopic (exact) mass is 413 g/mol. The lowest BCUT2D eigenvalue weighted by molar-refractivity contribution is -0.889. The summed E-state index contributed by atoms with van der Waals surface area (Å²) in [5, 5.41) is 21.7. The fourth-order valence-corrected chi connectivity index (χ4v) is 3.19. The Bertz CT molecular complexity index is 472. The van der Waals surface area contributed by atoms with E-state index in [0.717, 1.165) is 57.8 Å². The van der Waals surface area contributed by atoms with Crippen molar-refractivity contribution in [1.29, 1.82) is 0 Å².